The van der Waals surface area contributed by atoms with Gasteiger partial charge in [0.15, 0.2) is 0 Å². The summed E-state index contributed by atoms with van der Waals surface area (Å²) in [5.41, 5.74) is 0.421. The fraction of sp³-hybridized carbons (Fsp3) is 0.357. The maximum atomic E-state index is 12.4. The number of fused-ring (bicyclic) bond motifs is 1. The molecule has 2 aliphatic heterocycles. The number of β-lactam (4-membered cyclic amide) rings is 1. The number of rotatable bonds is 4. The summed E-state index contributed by atoms with van der Waals surface area (Å²) in [5, 5.41) is 11.1. The zero-order valence-corrected chi connectivity index (χ0v) is 13.3. The molecule has 2 aliphatic rings. The second-order valence-corrected chi connectivity index (χ2v) is 7.02. The lowest BCUT2D eigenvalue weighted by Crippen LogP contribution is -2.59. The largest absolute Gasteiger partial charge is 0.477 e. The molecule has 0 radical (unpaired) electrons. The van der Waals surface area contributed by atoms with Crippen molar-refractivity contribution in [2.75, 3.05) is 12.4 Å². The van der Waals surface area contributed by atoms with Crippen LogP contribution in [-0.2, 0) is 19.1 Å². The Hall–Kier alpha value is -1.80. The molecule has 1 unspecified atom stereocenters. The number of amides is 1. The number of carbonyl (C=O) groups excluding carboxylic acids is 2. The Kier molecular flexibility index (Phi) is 3.96. The third-order valence-corrected chi connectivity index (χ3v) is 5.84. The minimum Gasteiger partial charge on any atom is -0.477 e. The molecule has 8 heteroatoms. The maximum absolute atomic E-state index is 12.4. The zero-order valence-electron chi connectivity index (χ0n) is 11.6. The molecule has 2 atom stereocenters. The van der Waals surface area contributed by atoms with Crippen molar-refractivity contribution in [3.63, 3.8) is 0 Å². The van der Waals surface area contributed by atoms with E-state index in [-0.39, 0.29) is 29.5 Å². The average molecular weight is 339 g/mol. The monoisotopic (exact) mass is 339 g/mol. The second kappa shape index (κ2) is 5.77. The van der Waals surface area contributed by atoms with Crippen molar-refractivity contribution in [3.8, 4) is 0 Å². The molecule has 1 aromatic heterocycles. The van der Waals surface area contributed by atoms with Crippen LogP contribution in [0, 0.1) is 0 Å². The molecule has 6 nitrogen and oxygen atoms in total. The molecule has 1 amide bonds. The lowest BCUT2D eigenvalue weighted by atomic mass is 9.94. The number of carboxylic acids is 1. The van der Waals surface area contributed by atoms with E-state index in [0.29, 0.717) is 11.3 Å². The third kappa shape index (κ3) is 2.42. The molecule has 1 N–H and O–H groups in total. The lowest BCUT2D eigenvalue weighted by molar-refractivity contribution is -0.148. The predicted molar refractivity (Wildman–Crippen MR) is 81.4 cm³/mol. The molecule has 0 spiro atoms. The molecule has 0 bridgehead atoms. The van der Waals surface area contributed by atoms with Crippen LogP contribution in [0.2, 0.25) is 0 Å². The number of esters is 1. The standard InChI is InChI=1S/C14H13NO5S2/c1-7(16)20-5-8-6-22-13-10(9-3-2-4-21-9)12(17)15(13)11(8)14(18)19/h2-4,10,13H,5-6H2,1H3,(H,18,19)/t10?,13-/m1/s1. The van der Waals surface area contributed by atoms with Gasteiger partial charge in [-0.15, -0.1) is 23.1 Å². The Bertz CT molecular complexity index is 667. The lowest BCUT2D eigenvalue weighted by Gasteiger charge is -2.49. The van der Waals surface area contributed by atoms with Crippen LogP contribution in [0.5, 0.6) is 0 Å². The Labute approximate surface area is 134 Å². The number of aliphatic carboxylic acids is 1. The highest BCUT2D eigenvalue weighted by Gasteiger charge is 2.54. The van der Waals surface area contributed by atoms with Gasteiger partial charge >= 0.3 is 11.9 Å². The minimum atomic E-state index is -1.16. The molecular weight excluding hydrogens is 326 g/mol. The van der Waals surface area contributed by atoms with E-state index in [4.69, 9.17) is 4.74 Å². The number of ether oxygens (including phenoxy) is 1. The van der Waals surface area contributed by atoms with E-state index < -0.39 is 11.9 Å². The molecule has 0 aliphatic carbocycles. The molecule has 1 saturated heterocycles. The van der Waals surface area contributed by atoms with E-state index in [1.54, 1.807) is 0 Å². The molecule has 0 aromatic carbocycles. The van der Waals surface area contributed by atoms with Crippen LogP contribution >= 0.6 is 23.1 Å². The van der Waals surface area contributed by atoms with Gasteiger partial charge in [-0.25, -0.2) is 4.79 Å². The molecule has 22 heavy (non-hydrogen) atoms. The van der Waals surface area contributed by atoms with Gasteiger partial charge in [0.25, 0.3) is 0 Å². The van der Waals surface area contributed by atoms with E-state index in [2.05, 4.69) is 0 Å². The molecule has 116 valence electrons. The van der Waals surface area contributed by atoms with Gasteiger partial charge in [0, 0.05) is 23.1 Å². The van der Waals surface area contributed by atoms with Gasteiger partial charge in [0.1, 0.15) is 18.2 Å². The Balaban J connectivity index is 1.88. The predicted octanol–water partition coefficient (Wildman–Crippen LogP) is 1.65. The molecule has 3 heterocycles. The van der Waals surface area contributed by atoms with Gasteiger partial charge in [0.05, 0.1) is 5.37 Å². The first-order valence-electron chi connectivity index (χ1n) is 6.57. The van der Waals surface area contributed by atoms with Gasteiger partial charge in [-0.05, 0) is 11.4 Å². The van der Waals surface area contributed by atoms with Crippen molar-refractivity contribution in [2.24, 2.45) is 0 Å². The van der Waals surface area contributed by atoms with Crippen LogP contribution in [0.4, 0.5) is 0 Å². The highest BCUT2D eigenvalue weighted by molar-refractivity contribution is 8.00. The van der Waals surface area contributed by atoms with E-state index >= 15 is 0 Å². The number of carbonyl (C=O) groups is 3. The van der Waals surface area contributed by atoms with Crippen LogP contribution in [0.25, 0.3) is 0 Å². The second-order valence-electron chi connectivity index (χ2n) is 4.94. The summed E-state index contributed by atoms with van der Waals surface area (Å²) in [4.78, 5) is 37.1. The Morgan fingerprint density at radius 2 is 2.27 bits per heavy atom. The third-order valence-electron chi connectivity index (χ3n) is 3.55. The van der Waals surface area contributed by atoms with E-state index in [1.807, 2.05) is 17.5 Å². The van der Waals surface area contributed by atoms with Crippen LogP contribution in [0.1, 0.15) is 17.7 Å². The van der Waals surface area contributed by atoms with E-state index in [9.17, 15) is 19.5 Å². The average Bonchev–Trinajstić information content (AvgIpc) is 2.97. The Morgan fingerprint density at radius 1 is 1.50 bits per heavy atom. The quantitative estimate of drug-likeness (QED) is 0.663. The van der Waals surface area contributed by atoms with Crippen molar-refractivity contribution < 1.29 is 24.2 Å². The number of carboxylic acid groups (broad SMARTS) is 1. The number of hydrogen-bond donors (Lipinski definition) is 1. The van der Waals surface area contributed by atoms with Crippen molar-refractivity contribution in [1.29, 1.82) is 0 Å². The maximum Gasteiger partial charge on any atom is 0.352 e. The van der Waals surface area contributed by atoms with Crippen LogP contribution in [0.15, 0.2) is 28.8 Å². The SMILES string of the molecule is CC(=O)OCC1=C(C(=O)O)N2C(=O)C(c3cccs3)[C@H]2SC1. The zero-order chi connectivity index (χ0) is 15.9. The van der Waals surface area contributed by atoms with E-state index in [0.717, 1.165) is 4.88 Å². The first-order valence-corrected chi connectivity index (χ1v) is 8.50. The van der Waals surface area contributed by atoms with Gasteiger partial charge in [-0.3, -0.25) is 14.5 Å². The van der Waals surface area contributed by atoms with Gasteiger partial charge < -0.3 is 9.84 Å². The number of thioether (sulfide) groups is 1. The van der Waals surface area contributed by atoms with Crippen molar-refractivity contribution in [3.05, 3.63) is 33.7 Å². The normalized spacial score (nSPS) is 23.9. The van der Waals surface area contributed by atoms with Crippen LogP contribution < -0.4 is 0 Å². The van der Waals surface area contributed by atoms with Gasteiger partial charge in [0.2, 0.25) is 5.91 Å². The van der Waals surface area contributed by atoms with E-state index in [1.165, 1.54) is 34.9 Å². The summed E-state index contributed by atoms with van der Waals surface area (Å²) >= 11 is 3.00. The summed E-state index contributed by atoms with van der Waals surface area (Å²) < 4.78 is 4.89. The number of hydrogen-bond acceptors (Lipinski definition) is 6. The molecular formula is C14H13NO5S2. The summed E-state index contributed by atoms with van der Waals surface area (Å²) in [6.45, 7) is 1.17. The summed E-state index contributed by atoms with van der Waals surface area (Å²) in [6, 6.07) is 3.77. The minimum absolute atomic E-state index is 0.0391. The van der Waals surface area contributed by atoms with Gasteiger partial charge in [-0.2, -0.15) is 0 Å². The fourth-order valence-electron chi connectivity index (χ4n) is 2.58. The highest BCUT2D eigenvalue weighted by Crippen LogP contribution is 2.49. The highest BCUT2D eigenvalue weighted by atomic mass is 32.2. The Morgan fingerprint density at radius 3 is 2.86 bits per heavy atom. The van der Waals surface area contributed by atoms with Gasteiger partial charge in [-0.1, -0.05) is 6.07 Å². The smallest absolute Gasteiger partial charge is 0.352 e. The summed E-state index contributed by atoms with van der Waals surface area (Å²) in [6.07, 6.45) is 0. The molecule has 3 rings (SSSR count). The molecule has 0 saturated carbocycles. The van der Waals surface area contributed by atoms with Crippen LogP contribution in [-0.4, -0.2) is 45.6 Å². The van der Waals surface area contributed by atoms with Crippen molar-refractivity contribution in [2.45, 2.75) is 18.2 Å². The summed E-state index contributed by atoms with van der Waals surface area (Å²) in [5.74, 6) is -1.70. The van der Waals surface area contributed by atoms with Crippen molar-refractivity contribution in [1.82, 2.24) is 4.90 Å². The molecule has 1 aromatic rings. The van der Waals surface area contributed by atoms with Crippen molar-refractivity contribution >= 4 is 40.9 Å². The molecule has 1 fully saturated rings. The number of thiophene rings is 1. The first-order chi connectivity index (χ1) is 10.5. The number of nitrogens with zero attached hydrogens (tertiary/aromatic N) is 1. The summed E-state index contributed by atoms with van der Waals surface area (Å²) in [7, 11) is 0. The first kappa shape index (κ1) is 15.1. The van der Waals surface area contributed by atoms with Crippen LogP contribution in [0.3, 0.4) is 0 Å². The topological polar surface area (TPSA) is 83.9 Å². The fourth-order valence-corrected chi connectivity index (χ4v) is 4.92.